The van der Waals surface area contributed by atoms with E-state index in [0.29, 0.717) is 11.9 Å². The van der Waals surface area contributed by atoms with Gasteiger partial charge in [-0.3, -0.25) is 4.79 Å². The lowest BCUT2D eigenvalue weighted by atomic mass is 10.2. The molecule has 3 unspecified atom stereocenters. The molecular weight excluding hydrogens is 176 g/mol. The number of nitrogens with zero attached hydrogens (tertiary/aromatic N) is 1. The van der Waals surface area contributed by atoms with Crippen molar-refractivity contribution < 1.29 is 4.79 Å². The highest BCUT2D eigenvalue weighted by Crippen LogP contribution is 2.50. The number of carbonyl (C=O) groups is 1. The first-order chi connectivity index (χ1) is 6.75. The maximum absolute atomic E-state index is 11.6. The third kappa shape index (κ3) is 1.44. The molecule has 2 saturated carbocycles. The first-order valence-corrected chi connectivity index (χ1v) is 5.77. The zero-order valence-electron chi connectivity index (χ0n) is 8.70. The van der Waals surface area contributed by atoms with Crippen molar-refractivity contribution in [3.8, 4) is 0 Å². The molecule has 3 aliphatic rings. The van der Waals surface area contributed by atoms with E-state index in [1.165, 1.54) is 19.3 Å². The first-order valence-electron chi connectivity index (χ1n) is 5.77. The number of likely N-dealkylation sites (tertiary alicyclic amines) is 1. The third-order valence-electron chi connectivity index (χ3n) is 3.91. The van der Waals surface area contributed by atoms with E-state index in [-0.39, 0.29) is 6.04 Å². The highest BCUT2D eigenvalue weighted by Gasteiger charge is 2.49. The highest BCUT2D eigenvalue weighted by molar-refractivity contribution is 5.83. The molecule has 78 valence electrons. The lowest BCUT2D eigenvalue weighted by Crippen LogP contribution is -2.38. The fraction of sp³-hybridized carbons (Fsp3) is 0.909. The SMILES string of the molecule is CN1CCC(NC2CC2C2CC2)C1=O. The van der Waals surface area contributed by atoms with Gasteiger partial charge in [0.15, 0.2) is 0 Å². The van der Waals surface area contributed by atoms with Crippen molar-refractivity contribution in [1.29, 1.82) is 0 Å². The maximum Gasteiger partial charge on any atom is 0.239 e. The van der Waals surface area contributed by atoms with Gasteiger partial charge in [0.1, 0.15) is 0 Å². The molecule has 3 fully saturated rings. The second-order valence-corrected chi connectivity index (χ2v) is 5.11. The number of rotatable bonds is 3. The van der Waals surface area contributed by atoms with Crippen LogP contribution in [0.2, 0.25) is 0 Å². The van der Waals surface area contributed by atoms with E-state index in [1.807, 2.05) is 11.9 Å². The van der Waals surface area contributed by atoms with E-state index in [4.69, 9.17) is 0 Å². The van der Waals surface area contributed by atoms with Gasteiger partial charge in [-0.05, 0) is 37.5 Å². The van der Waals surface area contributed by atoms with Gasteiger partial charge in [0.25, 0.3) is 0 Å². The Morgan fingerprint density at radius 1 is 1.36 bits per heavy atom. The fourth-order valence-corrected chi connectivity index (χ4v) is 2.69. The van der Waals surface area contributed by atoms with Gasteiger partial charge in [-0.2, -0.15) is 0 Å². The summed E-state index contributed by atoms with van der Waals surface area (Å²) in [5, 5.41) is 3.51. The molecule has 0 bridgehead atoms. The molecule has 1 aliphatic heterocycles. The summed E-state index contributed by atoms with van der Waals surface area (Å²) in [6.07, 6.45) is 5.18. The van der Waals surface area contributed by atoms with Gasteiger partial charge in [-0.1, -0.05) is 0 Å². The topological polar surface area (TPSA) is 32.3 Å². The Labute approximate surface area is 84.8 Å². The Bertz CT molecular complexity index is 262. The van der Waals surface area contributed by atoms with Crippen molar-refractivity contribution in [1.82, 2.24) is 10.2 Å². The molecule has 3 atom stereocenters. The standard InChI is InChI=1S/C11H18N2O/c1-13-5-4-9(11(13)14)12-10-6-8(10)7-2-3-7/h7-10,12H,2-6H2,1H3. The monoisotopic (exact) mass is 194 g/mol. The molecule has 2 aliphatic carbocycles. The third-order valence-corrected chi connectivity index (χ3v) is 3.91. The number of nitrogens with one attached hydrogen (secondary N) is 1. The Morgan fingerprint density at radius 3 is 2.71 bits per heavy atom. The summed E-state index contributed by atoms with van der Waals surface area (Å²) in [6, 6.07) is 0.802. The summed E-state index contributed by atoms with van der Waals surface area (Å²) in [5.74, 6) is 2.21. The van der Waals surface area contributed by atoms with Gasteiger partial charge >= 0.3 is 0 Å². The molecule has 3 rings (SSSR count). The lowest BCUT2D eigenvalue weighted by Gasteiger charge is -2.11. The molecule has 3 heteroatoms. The van der Waals surface area contributed by atoms with Gasteiger partial charge in [0, 0.05) is 19.6 Å². The van der Waals surface area contributed by atoms with Crippen LogP contribution in [0.15, 0.2) is 0 Å². The van der Waals surface area contributed by atoms with Crippen LogP contribution in [0.25, 0.3) is 0 Å². The number of hydrogen-bond acceptors (Lipinski definition) is 2. The van der Waals surface area contributed by atoms with Crippen molar-refractivity contribution in [3.05, 3.63) is 0 Å². The van der Waals surface area contributed by atoms with E-state index in [1.54, 1.807) is 0 Å². The zero-order valence-corrected chi connectivity index (χ0v) is 8.70. The van der Waals surface area contributed by atoms with Crippen molar-refractivity contribution in [2.75, 3.05) is 13.6 Å². The smallest absolute Gasteiger partial charge is 0.239 e. The number of carbonyl (C=O) groups excluding carboxylic acids is 1. The van der Waals surface area contributed by atoms with Gasteiger partial charge in [-0.15, -0.1) is 0 Å². The molecule has 0 aromatic heterocycles. The molecule has 14 heavy (non-hydrogen) atoms. The molecule has 1 heterocycles. The number of hydrogen-bond donors (Lipinski definition) is 1. The van der Waals surface area contributed by atoms with Crippen LogP contribution in [0.5, 0.6) is 0 Å². The number of likely N-dealkylation sites (N-methyl/N-ethyl adjacent to an activating group) is 1. The second kappa shape index (κ2) is 2.96. The molecule has 0 aromatic rings. The fourth-order valence-electron chi connectivity index (χ4n) is 2.69. The molecular formula is C11H18N2O. The Morgan fingerprint density at radius 2 is 2.14 bits per heavy atom. The molecule has 0 radical (unpaired) electrons. The first kappa shape index (κ1) is 8.72. The average molecular weight is 194 g/mol. The minimum Gasteiger partial charge on any atom is -0.344 e. The molecule has 1 N–H and O–H groups in total. The van der Waals surface area contributed by atoms with Crippen LogP contribution >= 0.6 is 0 Å². The van der Waals surface area contributed by atoms with E-state index >= 15 is 0 Å². The summed E-state index contributed by atoms with van der Waals surface area (Å²) in [6.45, 7) is 0.928. The van der Waals surface area contributed by atoms with Crippen molar-refractivity contribution >= 4 is 5.91 Å². The van der Waals surface area contributed by atoms with E-state index in [9.17, 15) is 4.79 Å². The molecule has 1 saturated heterocycles. The Kier molecular flexibility index (Phi) is 1.84. The minimum atomic E-state index is 0.133. The average Bonchev–Trinajstić information content (AvgIpc) is 3.00. The maximum atomic E-state index is 11.6. The Hall–Kier alpha value is -0.570. The summed E-state index contributed by atoms with van der Waals surface area (Å²) >= 11 is 0. The van der Waals surface area contributed by atoms with Crippen LogP contribution in [0.4, 0.5) is 0 Å². The van der Waals surface area contributed by atoms with Crippen LogP contribution in [-0.4, -0.2) is 36.5 Å². The van der Waals surface area contributed by atoms with Crippen LogP contribution < -0.4 is 5.32 Å². The van der Waals surface area contributed by atoms with E-state index < -0.39 is 0 Å². The normalized spacial score (nSPS) is 41.9. The summed E-state index contributed by atoms with van der Waals surface area (Å²) in [4.78, 5) is 13.5. The summed E-state index contributed by atoms with van der Waals surface area (Å²) < 4.78 is 0. The quantitative estimate of drug-likeness (QED) is 0.713. The van der Waals surface area contributed by atoms with Crippen LogP contribution in [0.3, 0.4) is 0 Å². The zero-order chi connectivity index (χ0) is 9.71. The lowest BCUT2D eigenvalue weighted by molar-refractivity contribution is -0.128. The van der Waals surface area contributed by atoms with Gasteiger partial charge in [0.05, 0.1) is 6.04 Å². The van der Waals surface area contributed by atoms with Crippen molar-refractivity contribution in [2.24, 2.45) is 11.8 Å². The van der Waals surface area contributed by atoms with E-state index in [0.717, 1.165) is 24.8 Å². The molecule has 0 aromatic carbocycles. The molecule has 3 nitrogen and oxygen atoms in total. The second-order valence-electron chi connectivity index (χ2n) is 5.11. The van der Waals surface area contributed by atoms with Gasteiger partial charge in [0.2, 0.25) is 5.91 Å². The van der Waals surface area contributed by atoms with Crippen LogP contribution in [-0.2, 0) is 4.79 Å². The molecule has 0 spiro atoms. The Balaban J connectivity index is 1.51. The van der Waals surface area contributed by atoms with Gasteiger partial charge < -0.3 is 10.2 Å². The predicted molar refractivity (Wildman–Crippen MR) is 53.8 cm³/mol. The van der Waals surface area contributed by atoms with Crippen LogP contribution in [0.1, 0.15) is 25.7 Å². The predicted octanol–water partition coefficient (Wildman–Crippen LogP) is 0.605. The highest BCUT2D eigenvalue weighted by atomic mass is 16.2. The molecule has 1 amide bonds. The van der Waals surface area contributed by atoms with E-state index in [2.05, 4.69) is 5.32 Å². The van der Waals surface area contributed by atoms with Crippen molar-refractivity contribution in [3.63, 3.8) is 0 Å². The van der Waals surface area contributed by atoms with Crippen molar-refractivity contribution in [2.45, 2.75) is 37.8 Å². The largest absolute Gasteiger partial charge is 0.344 e. The summed E-state index contributed by atoms with van der Waals surface area (Å²) in [7, 11) is 1.90. The minimum absolute atomic E-state index is 0.133. The van der Waals surface area contributed by atoms with Gasteiger partial charge in [-0.25, -0.2) is 0 Å². The number of amides is 1. The van der Waals surface area contributed by atoms with Crippen LogP contribution in [0, 0.1) is 11.8 Å². The summed E-state index contributed by atoms with van der Waals surface area (Å²) in [5.41, 5.74) is 0.